The Kier molecular flexibility index (Phi) is 7.65. The van der Waals surface area contributed by atoms with Crippen molar-refractivity contribution in [1.29, 1.82) is 5.26 Å². The zero-order valence-corrected chi connectivity index (χ0v) is 23.6. The van der Waals surface area contributed by atoms with E-state index in [4.69, 9.17) is 5.73 Å². The van der Waals surface area contributed by atoms with Crippen LogP contribution in [0.5, 0.6) is 0 Å². The Morgan fingerprint density at radius 3 is 2.79 bits per heavy atom. The summed E-state index contributed by atoms with van der Waals surface area (Å²) in [4.78, 5) is 27.4. The fourth-order valence-electron chi connectivity index (χ4n) is 4.67. The van der Waals surface area contributed by atoms with E-state index >= 15 is 0 Å². The topological polar surface area (TPSA) is 125 Å². The summed E-state index contributed by atoms with van der Waals surface area (Å²) in [5, 5.41) is 22.0. The van der Waals surface area contributed by atoms with Gasteiger partial charge in [-0.25, -0.2) is 0 Å². The van der Waals surface area contributed by atoms with Gasteiger partial charge in [0.05, 0.1) is 29.0 Å². The molecular weight excluding hydrogens is 584 g/mol. The van der Waals surface area contributed by atoms with Crippen LogP contribution in [0.1, 0.15) is 36.3 Å². The van der Waals surface area contributed by atoms with E-state index in [1.54, 1.807) is 4.90 Å². The first-order valence-corrected chi connectivity index (χ1v) is 14.5. The second kappa shape index (κ2) is 11.1. The van der Waals surface area contributed by atoms with Crippen LogP contribution in [0.3, 0.4) is 0 Å². The van der Waals surface area contributed by atoms with Gasteiger partial charge < -0.3 is 11.1 Å². The van der Waals surface area contributed by atoms with Crippen molar-refractivity contribution in [1.82, 2.24) is 10.2 Å². The van der Waals surface area contributed by atoms with Crippen LogP contribution < -0.4 is 16.0 Å². The summed E-state index contributed by atoms with van der Waals surface area (Å²) < 4.78 is 1.40. The molecule has 1 aliphatic carbocycles. The van der Waals surface area contributed by atoms with E-state index in [1.165, 1.54) is 23.1 Å². The molecule has 5 rings (SSSR count). The summed E-state index contributed by atoms with van der Waals surface area (Å²) in [6.45, 7) is 1.98. The molecule has 0 bridgehead atoms. The number of nitrogens with one attached hydrogen (secondary N) is 1. The minimum Gasteiger partial charge on any atom is -0.384 e. The predicted octanol–water partition coefficient (Wildman–Crippen LogP) is 5.64. The Morgan fingerprint density at radius 1 is 1.26 bits per heavy atom. The highest BCUT2D eigenvalue weighted by atomic mass is 79.9. The van der Waals surface area contributed by atoms with E-state index in [0.717, 1.165) is 21.3 Å². The fraction of sp³-hybridized carbons (Fsp3) is 0.222. The molecule has 0 spiro atoms. The van der Waals surface area contributed by atoms with Crippen molar-refractivity contribution in [3.05, 3.63) is 86.8 Å². The molecule has 1 aromatic heterocycles. The molecule has 1 aliphatic heterocycles. The lowest BCUT2D eigenvalue weighted by molar-refractivity contribution is -0.116. The molecule has 1 amide bonds. The maximum Gasteiger partial charge on any atom is 0.234 e. The third kappa shape index (κ3) is 5.12. The second-order valence-electron chi connectivity index (χ2n) is 8.90. The number of nitrogens with two attached hydrogens (primary N) is 1. The first-order chi connectivity index (χ1) is 18.4. The van der Waals surface area contributed by atoms with E-state index in [9.17, 15) is 14.9 Å². The van der Waals surface area contributed by atoms with Crippen LogP contribution in [0, 0.1) is 18.3 Å². The summed E-state index contributed by atoms with van der Waals surface area (Å²) in [7, 11) is 0. The van der Waals surface area contributed by atoms with Gasteiger partial charge in [-0.15, -0.1) is 10.2 Å². The molecule has 3 N–H and O–H groups in total. The molecule has 1 atom stereocenters. The van der Waals surface area contributed by atoms with Crippen LogP contribution in [0.2, 0.25) is 0 Å². The zero-order valence-electron chi connectivity index (χ0n) is 20.4. The number of nitriles is 1. The van der Waals surface area contributed by atoms with Crippen LogP contribution in [-0.4, -0.2) is 27.6 Å². The largest absolute Gasteiger partial charge is 0.384 e. The van der Waals surface area contributed by atoms with Crippen molar-refractivity contribution in [2.45, 2.75) is 36.4 Å². The fourth-order valence-corrected chi connectivity index (χ4v) is 6.94. The molecule has 11 heteroatoms. The Bertz CT molecular complexity index is 1530. The molecule has 0 fully saturated rings. The minimum absolute atomic E-state index is 0.0170. The van der Waals surface area contributed by atoms with Crippen molar-refractivity contribution in [3.8, 4) is 6.07 Å². The average molecular weight is 608 g/mol. The number of hydrogen-bond acceptors (Lipinski definition) is 9. The third-order valence-corrected chi connectivity index (χ3v) is 9.06. The molecule has 0 radical (unpaired) electrons. The number of aromatic nitrogens is 2. The van der Waals surface area contributed by atoms with Gasteiger partial charge in [0, 0.05) is 22.2 Å². The number of rotatable bonds is 6. The van der Waals surface area contributed by atoms with E-state index in [1.807, 2.05) is 55.5 Å². The average Bonchev–Trinajstić information content (AvgIpc) is 3.37. The van der Waals surface area contributed by atoms with Gasteiger partial charge in [0.1, 0.15) is 5.82 Å². The molecule has 3 aromatic rings. The highest BCUT2D eigenvalue weighted by Crippen LogP contribution is 2.47. The molecule has 2 heterocycles. The predicted molar refractivity (Wildman–Crippen MR) is 153 cm³/mol. The normalized spacial score (nSPS) is 17.3. The van der Waals surface area contributed by atoms with Gasteiger partial charge >= 0.3 is 0 Å². The number of hydrogen-bond donors (Lipinski definition) is 2. The van der Waals surface area contributed by atoms with Crippen LogP contribution in [0.15, 0.2) is 80.0 Å². The van der Waals surface area contributed by atoms with E-state index in [2.05, 4.69) is 37.5 Å². The lowest BCUT2D eigenvalue weighted by atomic mass is 9.76. The summed E-state index contributed by atoms with van der Waals surface area (Å²) in [6.07, 6.45) is 1.76. The molecule has 38 heavy (non-hydrogen) atoms. The number of ketones is 1. The SMILES string of the molecule is Cc1ccc(NC(=O)CSc2nnc(N3C(N)=C(C#N)C(c4ccccc4)C4=C3CCCC4=O)s2)c(Br)c1. The number of aryl methyl sites for hydroxylation is 1. The highest BCUT2D eigenvalue weighted by Gasteiger charge is 2.41. The molecular formula is C27H23BrN6O2S2. The highest BCUT2D eigenvalue weighted by molar-refractivity contribution is 9.10. The Labute approximate surface area is 236 Å². The summed E-state index contributed by atoms with van der Waals surface area (Å²) in [5.74, 6) is -0.264. The zero-order chi connectivity index (χ0) is 26.8. The quantitative estimate of drug-likeness (QED) is 0.345. The van der Waals surface area contributed by atoms with Crippen LogP contribution >= 0.6 is 39.0 Å². The molecule has 2 aromatic carbocycles. The smallest absolute Gasteiger partial charge is 0.234 e. The Morgan fingerprint density at radius 2 is 2.05 bits per heavy atom. The third-order valence-electron chi connectivity index (χ3n) is 6.36. The number of benzene rings is 2. The number of halogens is 1. The second-order valence-corrected chi connectivity index (χ2v) is 11.9. The maximum absolute atomic E-state index is 13.2. The summed E-state index contributed by atoms with van der Waals surface area (Å²) in [6, 6.07) is 17.5. The Balaban J connectivity index is 1.40. The van der Waals surface area contributed by atoms with E-state index in [0.29, 0.717) is 45.6 Å². The molecule has 0 saturated heterocycles. The van der Waals surface area contributed by atoms with Crippen molar-refractivity contribution in [2.75, 3.05) is 16.0 Å². The van der Waals surface area contributed by atoms with Gasteiger partial charge in [0.15, 0.2) is 10.1 Å². The van der Waals surface area contributed by atoms with Crippen LogP contribution in [-0.2, 0) is 9.59 Å². The van der Waals surface area contributed by atoms with Gasteiger partial charge in [0.2, 0.25) is 11.0 Å². The van der Waals surface area contributed by atoms with Gasteiger partial charge in [-0.05, 0) is 59.0 Å². The number of amides is 1. The molecule has 192 valence electrons. The lowest BCUT2D eigenvalue weighted by Gasteiger charge is -2.38. The van der Waals surface area contributed by atoms with Crippen molar-refractivity contribution < 1.29 is 9.59 Å². The van der Waals surface area contributed by atoms with Gasteiger partial charge in [-0.2, -0.15) is 5.26 Å². The van der Waals surface area contributed by atoms with Crippen molar-refractivity contribution in [2.24, 2.45) is 5.73 Å². The first kappa shape index (κ1) is 26.2. The summed E-state index contributed by atoms with van der Waals surface area (Å²) >= 11 is 6.01. The van der Waals surface area contributed by atoms with Crippen molar-refractivity contribution >= 4 is 61.5 Å². The van der Waals surface area contributed by atoms with Gasteiger partial charge in [-0.3, -0.25) is 14.5 Å². The van der Waals surface area contributed by atoms with Crippen LogP contribution in [0.25, 0.3) is 0 Å². The van der Waals surface area contributed by atoms with Crippen LogP contribution in [0.4, 0.5) is 10.8 Å². The number of nitrogens with zero attached hydrogens (tertiary/aromatic N) is 4. The first-order valence-electron chi connectivity index (χ1n) is 11.9. The molecule has 0 saturated carbocycles. The van der Waals surface area contributed by atoms with E-state index < -0.39 is 5.92 Å². The van der Waals surface area contributed by atoms with Crippen molar-refractivity contribution in [3.63, 3.8) is 0 Å². The standard InChI is InChI=1S/C27H23BrN6O2S2/c1-15-10-11-19(18(28)12-15)31-22(36)14-37-27-33-32-26(38-27)34-20-8-5-9-21(35)24(20)23(17(13-29)25(34)30)16-6-3-2-4-7-16/h2-4,6-7,10-12,23H,5,8-9,14,30H2,1H3,(H,31,36). The molecule has 1 unspecified atom stereocenters. The molecule has 8 nitrogen and oxygen atoms in total. The Hall–Kier alpha value is -3.46. The number of carbonyl (C=O) groups excluding carboxylic acids is 2. The van der Waals surface area contributed by atoms with E-state index in [-0.39, 0.29) is 23.3 Å². The number of thioether (sulfide) groups is 1. The lowest BCUT2D eigenvalue weighted by Crippen LogP contribution is -2.38. The van der Waals surface area contributed by atoms with Gasteiger partial charge in [0.25, 0.3) is 0 Å². The number of allylic oxidation sites excluding steroid dienone is 3. The number of carbonyl (C=O) groups is 2. The summed E-state index contributed by atoms with van der Waals surface area (Å²) in [5.41, 5.74) is 10.9. The monoisotopic (exact) mass is 606 g/mol. The number of Topliss-reactive ketones (excluding diaryl/α,β-unsaturated/α-hetero) is 1. The number of anilines is 2. The maximum atomic E-state index is 13.2. The minimum atomic E-state index is -0.508. The van der Waals surface area contributed by atoms with Gasteiger partial charge in [-0.1, -0.05) is 59.5 Å². The molecule has 2 aliphatic rings.